The van der Waals surface area contributed by atoms with Crippen LogP contribution in [0.1, 0.15) is 57.9 Å². The van der Waals surface area contributed by atoms with Crippen LogP contribution in [-0.4, -0.2) is 30.0 Å². The highest BCUT2D eigenvalue weighted by Gasteiger charge is 2.28. The van der Waals surface area contributed by atoms with Crippen molar-refractivity contribution < 1.29 is 4.79 Å². The van der Waals surface area contributed by atoms with Crippen LogP contribution in [0.4, 0.5) is 5.13 Å². The first-order valence-corrected chi connectivity index (χ1v) is 11.4. The molecule has 1 aromatic heterocycles. The minimum atomic E-state index is 0.168. The van der Waals surface area contributed by atoms with E-state index >= 15 is 0 Å². The SMILES string of the molecule is CCc1ccc2nc(N3CCC(C(=O)NC4CCC(C)CC4)CC3)sc2c1. The highest BCUT2D eigenvalue weighted by molar-refractivity contribution is 7.22. The average molecular weight is 386 g/mol. The smallest absolute Gasteiger partial charge is 0.223 e. The van der Waals surface area contributed by atoms with Crippen molar-refractivity contribution in [1.29, 1.82) is 0 Å². The van der Waals surface area contributed by atoms with E-state index in [1.54, 1.807) is 11.3 Å². The van der Waals surface area contributed by atoms with Crippen molar-refractivity contribution >= 4 is 32.6 Å². The normalized spacial score (nSPS) is 24.3. The number of amides is 1. The lowest BCUT2D eigenvalue weighted by molar-refractivity contribution is -0.126. The first-order valence-electron chi connectivity index (χ1n) is 10.6. The van der Waals surface area contributed by atoms with Crippen LogP contribution in [0.2, 0.25) is 0 Å². The monoisotopic (exact) mass is 385 g/mol. The second-order valence-corrected chi connectivity index (χ2v) is 9.39. The molecule has 1 aliphatic heterocycles. The van der Waals surface area contributed by atoms with E-state index < -0.39 is 0 Å². The Kier molecular flexibility index (Phi) is 5.67. The molecule has 0 radical (unpaired) electrons. The molecule has 0 unspecified atom stereocenters. The van der Waals surface area contributed by atoms with Gasteiger partial charge in [-0.25, -0.2) is 4.98 Å². The molecule has 1 aromatic carbocycles. The van der Waals surface area contributed by atoms with E-state index in [1.807, 2.05) is 0 Å². The number of aryl methyl sites for hydroxylation is 1. The van der Waals surface area contributed by atoms with Crippen LogP contribution in [0, 0.1) is 11.8 Å². The van der Waals surface area contributed by atoms with Crippen molar-refractivity contribution in [2.45, 2.75) is 64.8 Å². The van der Waals surface area contributed by atoms with E-state index in [0.717, 1.165) is 61.8 Å². The van der Waals surface area contributed by atoms with Gasteiger partial charge in [-0.2, -0.15) is 0 Å². The molecular weight excluding hydrogens is 354 g/mol. The summed E-state index contributed by atoms with van der Waals surface area (Å²) in [5.41, 5.74) is 2.46. The largest absolute Gasteiger partial charge is 0.353 e. The van der Waals surface area contributed by atoms with Crippen LogP contribution in [0.25, 0.3) is 10.2 Å². The number of nitrogens with zero attached hydrogens (tertiary/aromatic N) is 2. The molecule has 2 aliphatic rings. The number of rotatable bonds is 4. The minimum Gasteiger partial charge on any atom is -0.353 e. The summed E-state index contributed by atoms with van der Waals surface area (Å²) < 4.78 is 1.27. The molecule has 1 aliphatic carbocycles. The number of nitrogens with one attached hydrogen (secondary N) is 1. The molecule has 4 rings (SSSR count). The first-order chi connectivity index (χ1) is 13.1. The summed E-state index contributed by atoms with van der Waals surface area (Å²) >= 11 is 1.79. The van der Waals surface area contributed by atoms with Crippen molar-refractivity contribution in [3.05, 3.63) is 23.8 Å². The van der Waals surface area contributed by atoms with Crippen molar-refractivity contribution in [3.8, 4) is 0 Å². The predicted molar refractivity (Wildman–Crippen MR) is 113 cm³/mol. The summed E-state index contributed by atoms with van der Waals surface area (Å²) in [6.07, 6.45) is 7.73. The second kappa shape index (κ2) is 8.17. The van der Waals surface area contributed by atoms with Crippen molar-refractivity contribution in [2.75, 3.05) is 18.0 Å². The molecule has 1 saturated heterocycles. The molecule has 2 heterocycles. The number of aromatic nitrogens is 1. The first kappa shape index (κ1) is 18.7. The maximum absolute atomic E-state index is 12.7. The fourth-order valence-corrected chi connectivity index (χ4v) is 5.45. The summed E-state index contributed by atoms with van der Waals surface area (Å²) in [5.74, 6) is 1.27. The van der Waals surface area contributed by atoms with Crippen LogP contribution < -0.4 is 10.2 Å². The minimum absolute atomic E-state index is 0.168. The Morgan fingerprint density at radius 3 is 2.63 bits per heavy atom. The molecule has 1 saturated carbocycles. The third-order valence-electron chi connectivity index (χ3n) is 6.35. The van der Waals surface area contributed by atoms with Gasteiger partial charge in [-0.15, -0.1) is 0 Å². The number of fused-ring (bicyclic) bond motifs is 1. The Morgan fingerprint density at radius 1 is 1.19 bits per heavy atom. The van der Waals surface area contributed by atoms with E-state index in [9.17, 15) is 4.79 Å². The van der Waals surface area contributed by atoms with Gasteiger partial charge in [0.05, 0.1) is 10.2 Å². The molecule has 1 amide bonds. The molecular formula is C22H31N3OS. The zero-order valence-electron chi connectivity index (χ0n) is 16.5. The summed E-state index contributed by atoms with van der Waals surface area (Å²) in [5, 5.41) is 4.44. The van der Waals surface area contributed by atoms with Gasteiger partial charge < -0.3 is 10.2 Å². The summed E-state index contributed by atoms with van der Waals surface area (Å²) in [7, 11) is 0. The number of anilines is 1. The van der Waals surface area contributed by atoms with Gasteiger partial charge in [0, 0.05) is 25.0 Å². The van der Waals surface area contributed by atoms with Gasteiger partial charge in [-0.3, -0.25) is 4.79 Å². The van der Waals surface area contributed by atoms with Crippen LogP contribution in [0.5, 0.6) is 0 Å². The van der Waals surface area contributed by atoms with Crippen LogP contribution >= 0.6 is 11.3 Å². The van der Waals surface area contributed by atoms with Crippen LogP contribution in [0.3, 0.4) is 0 Å². The number of piperidine rings is 1. The van der Waals surface area contributed by atoms with Gasteiger partial charge >= 0.3 is 0 Å². The number of carbonyl (C=O) groups excluding carboxylic acids is 1. The molecule has 0 spiro atoms. The molecule has 0 atom stereocenters. The van der Waals surface area contributed by atoms with E-state index in [2.05, 4.69) is 42.3 Å². The fraction of sp³-hybridized carbons (Fsp3) is 0.636. The van der Waals surface area contributed by atoms with Crippen molar-refractivity contribution in [3.63, 3.8) is 0 Å². The van der Waals surface area contributed by atoms with Gasteiger partial charge in [0.1, 0.15) is 0 Å². The standard InChI is InChI=1S/C22H31N3OS/c1-3-16-6-9-19-20(14-16)27-22(24-19)25-12-10-17(11-13-25)21(26)23-18-7-4-15(2)5-8-18/h6,9,14-15,17-18H,3-5,7-8,10-13H2,1-2H3,(H,23,26). The second-order valence-electron chi connectivity index (χ2n) is 8.38. The van der Waals surface area contributed by atoms with Crippen LogP contribution in [0.15, 0.2) is 18.2 Å². The molecule has 146 valence electrons. The highest BCUT2D eigenvalue weighted by Crippen LogP contribution is 2.32. The third-order valence-corrected chi connectivity index (χ3v) is 7.43. The van der Waals surface area contributed by atoms with Crippen molar-refractivity contribution in [2.24, 2.45) is 11.8 Å². The Hall–Kier alpha value is -1.62. The maximum Gasteiger partial charge on any atom is 0.223 e. The quantitative estimate of drug-likeness (QED) is 0.824. The number of hydrogen-bond acceptors (Lipinski definition) is 4. The lowest BCUT2D eigenvalue weighted by Gasteiger charge is -2.33. The van der Waals surface area contributed by atoms with E-state index in [-0.39, 0.29) is 11.8 Å². The summed E-state index contributed by atoms with van der Waals surface area (Å²) in [6, 6.07) is 6.99. The molecule has 1 N–H and O–H groups in total. The van der Waals surface area contributed by atoms with Crippen molar-refractivity contribution in [1.82, 2.24) is 10.3 Å². The van der Waals surface area contributed by atoms with E-state index in [0.29, 0.717) is 6.04 Å². The molecule has 27 heavy (non-hydrogen) atoms. The Balaban J connectivity index is 1.32. The summed E-state index contributed by atoms with van der Waals surface area (Å²) in [6.45, 7) is 6.37. The van der Waals surface area contributed by atoms with Crippen LogP contribution in [-0.2, 0) is 11.2 Å². The Labute approximate surface area is 166 Å². The van der Waals surface area contributed by atoms with Gasteiger partial charge in [-0.05, 0) is 68.6 Å². The zero-order valence-corrected chi connectivity index (χ0v) is 17.4. The molecule has 2 aromatic rings. The lowest BCUT2D eigenvalue weighted by Crippen LogP contribution is -2.44. The van der Waals surface area contributed by atoms with E-state index in [1.165, 1.54) is 23.1 Å². The molecule has 4 nitrogen and oxygen atoms in total. The Bertz CT molecular complexity index is 786. The topological polar surface area (TPSA) is 45.2 Å². The maximum atomic E-state index is 12.7. The molecule has 0 bridgehead atoms. The number of benzene rings is 1. The van der Waals surface area contributed by atoms with E-state index in [4.69, 9.17) is 4.98 Å². The summed E-state index contributed by atoms with van der Waals surface area (Å²) in [4.78, 5) is 19.8. The lowest BCUT2D eigenvalue weighted by atomic mass is 9.86. The zero-order chi connectivity index (χ0) is 18.8. The molecule has 5 heteroatoms. The number of hydrogen-bond donors (Lipinski definition) is 1. The van der Waals surface area contributed by atoms with Gasteiger partial charge in [-0.1, -0.05) is 31.3 Å². The average Bonchev–Trinajstić information content (AvgIpc) is 3.13. The van der Waals surface area contributed by atoms with Gasteiger partial charge in [0.15, 0.2) is 5.13 Å². The van der Waals surface area contributed by atoms with Gasteiger partial charge in [0.2, 0.25) is 5.91 Å². The fourth-order valence-electron chi connectivity index (χ4n) is 4.37. The van der Waals surface area contributed by atoms with Gasteiger partial charge in [0.25, 0.3) is 0 Å². The highest BCUT2D eigenvalue weighted by atomic mass is 32.1. The predicted octanol–water partition coefficient (Wildman–Crippen LogP) is 4.77. The number of carbonyl (C=O) groups is 1. The molecule has 2 fully saturated rings. The third kappa shape index (κ3) is 4.29. The number of thiazole rings is 1. The Morgan fingerprint density at radius 2 is 1.93 bits per heavy atom.